The van der Waals surface area contributed by atoms with Crippen LogP contribution >= 0.6 is 0 Å². The van der Waals surface area contributed by atoms with Gasteiger partial charge in [-0.2, -0.15) is 0 Å². The van der Waals surface area contributed by atoms with E-state index in [0.29, 0.717) is 11.6 Å². The van der Waals surface area contributed by atoms with Gasteiger partial charge in [-0.05, 0) is 49.8 Å². The molecular weight excluding hydrogens is 250 g/mol. The molecule has 0 amide bonds. The van der Waals surface area contributed by atoms with Crippen molar-refractivity contribution < 1.29 is 9.90 Å². The molecule has 1 aliphatic heterocycles. The van der Waals surface area contributed by atoms with Crippen LogP contribution in [0, 0.1) is 5.92 Å². The van der Waals surface area contributed by atoms with E-state index < -0.39 is 5.97 Å². The highest BCUT2D eigenvalue weighted by molar-refractivity contribution is 5.89. The molecular formula is C17H23NO2. The summed E-state index contributed by atoms with van der Waals surface area (Å²) in [7, 11) is 0. The Labute approximate surface area is 120 Å². The van der Waals surface area contributed by atoms with E-state index >= 15 is 0 Å². The number of piperidine rings is 1. The summed E-state index contributed by atoms with van der Waals surface area (Å²) in [6, 6.07) is 8.13. The molecule has 1 aromatic rings. The predicted molar refractivity (Wildman–Crippen MR) is 78.8 cm³/mol. The molecule has 108 valence electrons. The number of benzene rings is 1. The molecule has 2 atom stereocenters. The monoisotopic (exact) mass is 273 g/mol. The summed E-state index contributed by atoms with van der Waals surface area (Å²) in [4.78, 5) is 13.9. The van der Waals surface area contributed by atoms with Gasteiger partial charge in [0.05, 0.1) is 5.56 Å². The number of fused-ring (bicyclic) bond motifs is 1. The van der Waals surface area contributed by atoms with Gasteiger partial charge in [0.2, 0.25) is 0 Å². The third kappa shape index (κ3) is 2.73. The average molecular weight is 273 g/mol. The molecule has 0 bridgehead atoms. The summed E-state index contributed by atoms with van der Waals surface area (Å²) in [5.41, 5.74) is 1.43. The molecule has 3 nitrogen and oxygen atoms in total. The Morgan fingerprint density at radius 3 is 2.75 bits per heavy atom. The van der Waals surface area contributed by atoms with Crippen molar-refractivity contribution in [1.82, 2.24) is 4.90 Å². The second-order valence-electron chi connectivity index (χ2n) is 6.19. The Balaban J connectivity index is 1.78. The summed E-state index contributed by atoms with van der Waals surface area (Å²) < 4.78 is 0. The molecule has 2 aliphatic rings. The predicted octanol–water partition coefficient (Wildman–Crippen LogP) is 3.54. The third-order valence-corrected chi connectivity index (χ3v) is 4.98. The average Bonchev–Trinajstić information content (AvgIpc) is 2.48. The number of hydrogen-bond acceptors (Lipinski definition) is 2. The van der Waals surface area contributed by atoms with E-state index in [0.717, 1.165) is 24.6 Å². The number of nitrogens with zero attached hydrogens (tertiary/aromatic N) is 1. The minimum Gasteiger partial charge on any atom is -0.478 e. The highest BCUT2D eigenvalue weighted by atomic mass is 16.4. The number of carboxylic acids is 1. The van der Waals surface area contributed by atoms with Crippen LogP contribution in [0.4, 0.5) is 0 Å². The van der Waals surface area contributed by atoms with Crippen LogP contribution in [0.2, 0.25) is 0 Å². The summed E-state index contributed by atoms with van der Waals surface area (Å²) >= 11 is 0. The van der Waals surface area contributed by atoms with Crippen molar-refractivity contribution in [1.29, 1.82) is 0 Å². The Morgan fingerprint density at radius 2 is 1.90 bits per heavy atom. The van der Waals surface area contributed by atoms with Gasteiger partial charge in [0.1, 0.15) is 0 Å². The zero-order valence-corrected chi connectivity index (χ0v) is 11.9. The summed E-state index contributed by atoms with van der Waals surface area (Å²) in [6.07, 6.45) is 7.98. The second kappa shape index (κ2) is 5.96. The Hall–Kier alpha value is -1.35. The molecule has 0 unspecified atom stereocenters. The Bertz CT molecular complexity index is 484. The van der Waals surface area contributed by atoms with Crippen LogP contribution < -0.4 is 0 Å². The summed E-state index contributed by atoms with van der Waals surface area (Å²) in [6.45, 7) is 1.92. The molecule has 20 heavy (non-hydrogen) atoms. The zero-order valence-electron chi connectivity index (χ0n) is 11.9. The first-order chi connectivity index (χ1) is 9.75. The molecule has 1 saturated heterocycles. The van der Waals surface area contributed by atoms with Crippen molar-refractivity contribution in [3.8, 4) is 0 Å². The topological polar surface area (TPSA) is 40.5 Å². The molecule has 1 heterocycles. The van der Waals surface area contributed by atoms with Gasteiger partial charge in [0, 0.05) is 12.6 Å². The molecule has 0 radical (unpaired) electrons. The second-order valence-corrected chi connectivity index (χ2v) is 6.19. The maximum absolute atomic E-state index is 11.3. The fourth-order valence-electron chi connectivity index (χ4n) is 4.01. The van der Waals surface area contributed by atoms with Gasteiger partial charge in [0.25, 0.3) is 0 Å². The van der Waals surface area contributed by atoms with E-state index in [-0.39, 0.29) is 0 Å². The lowest BCUT2D eigenvalue weighted by molar-refractivity contribution is 0.0535. The van der Waals surface area contributed by atoms with Gasteiger partial charge in [-0.25, -0.2) is 4.79 Å². The fourth-order valence-corrected chi connectivity index (χ4v) is 4.01. The first-order valence-corrected chi connectivity index (χ1v) is 7.81. The quantitative estimate of drug-likeness (QED) is 0.915. The fraction of sp³-hybridized carbons (Fsp3) is 0.588. The van der Waals surface area contributed by atoms with Crippen molar-refractivity contribution >= 4 is 5.97 Å². The Morgan fingerprint density at radius 1 is 1.15 bits per heavy atom. The minimum absolute atomic E-state index is 0.463. The van der Waals surface area contributed by atoms with E-state index in [2.05, 4.69) is 4.90 Å². The molecule has 3 rings (SSSR count). The summed E-state index contributed by atoms with van der Waals surface area (Å²) in [5.74, 6) is 0.0345. The Kier molecular flexibility index (Phi) is 4.06. The zero-order chi connectivity index (χ0) is 13.9. The van der Waals surface area contributed by atoms with E-state index in [1.807, 2.05) is 18.2 Å². The molecule has 3 heteroatoms. The molecule has 2 fully saturated rings. The third-order valence-electron chi connectivity index (χ3n) is 4.98. The molecule has 0 aromatic heterocycles. The van der Waals surface area contributed by atoms with E-state index in [4.69, 9.17) is 0 Å². The lowest BCUT2D eigenvalue weighted by Gasteiger charge is -2.44. The maximum atomic E-state index is 11.3. The van der Waals surface area contributed by atoms with Crippen LogP contribution in [0.5, 0.6) is 0 Å². The van der Waals surface area contributed by atoms with Crippen molar-refractivity contribution in [3.05, 3.63) is 35.4 Å². The lowest BCUT2D eigenvalue weighted by atomic mass is 9.78. The molecule has 1 aliphatic carbocycles. The smallest absolute Gasteiger partial charge is 0.336 e. The van der Waals surface area contributed by atoms with E-state index in [9.17, 15) is 9.90 Å². The van der Waals surface area contributed by atoms with Crippen molar-refractivity contribution in [2.75, 3.05) is 6.54 Å². The number of carboxylic acid groups (broad SMARTS) is 1. The van der Waals surface area contributed by atoms with Gasteiger partial charge >= 0.3 is 5.97 Å². The largest absolute Gasteiger partial charge is 0.478 e. The number of hydrogen-bond donors (Lipinski definition) is 1. The first kappa shape index (κ1) is 13.6. The lowest BCUT2D eigenvalue weighted by Crippen LogP contribution is -2.46. The molecule has 1 aromatic carbocycles. The number of carbonyl (C=O) groups is 1. The SMILES string of the molecule is O=C(O)c1ccccc1CN1CCC[C@H]2CCCC[C@H]21. The van der Waals surface area contributed by atoms with Crippen molar-refractivity contribution in [3.63, 3.8) is 0 Å². The van der Waals surface area contributed by atoms with Gasteiger partial charge in [-0.3, -0.25) is 4.90 Å². The highest BCUT2D eigenvalue weighted by Crippen LogP contribution is 2.36. The first-order valence-electron chi connectivity index (χ1n) is 7.81. The van der Waals surface area contributed by atoms with Crippen LogP contribution in [-0.2, 0) is 6.54 Å². The van der Waals surface area contributed by atoms with Gasteiger partial charge in [-0.1, -0.05) is 31.0 Å². The van der Waals surface area contributed by atoms with E-state index in [1.54, 1.807) is 6.07 Å². The molecule has 0 spiro atoms. The van der Waals surface area contributed by atoms with Gasteiger partial charge in [0.15, 0.2) is 0 Å². The van der Waals surface area contributed by atoms with Gasteiger partial charge in [-0.15, -0.1) is 0 Å². The van der Waals surface area contributed by atoms with Gasteiger partial charge < -0.3 is 5.11 Å². The van der Waals surface area contributed by atoms with Crippen LogP contribution in [0.1, 0.15) is 54.4 Å². The van der Waals surface area contributed by atoms with E-state index in [1.165, 1.54) is 38.5 Å². The standard InChI is InChI=1S/C17H23NO2/c19-17(20)15-9-3-1-7-14(15)12-18-11-5-8-13-6-2-4-10-16(13)18/h1,3,7,9,13,16H,2,4-6,8,10-12H2,(H,19,20)/t13-,16-/m1/s1. The number of aromatic carboxylic acids is 1. The number of likely N-dealkylation sites (tertiary alicyclic amines) is 1. The number of rotatable bonds is 3. The van der Waals surface area contributed by atoms with Crippen molar-refractivity contribution in [2.24, 2.45) is 5.92 Å². The minimum atomic E-state index is -0.808. The van der Waals surface area contributed by atoms with Crippen molar-refractivity contribution in [2.45, 2.75) is 51.1 Å². The maximum Gasteiger partial charge on any atom is 0.336 e. The van der Waals surface area contributed by atoms with Crippen LogP contribution in [0.15, 0.2) is 24.3 Å². The van der Waals surface area contributed by atoms with Crippen LogP contribution in [0.3, 0.4) is 0 Å². The highest BCUT2D eigenvalue weighted by Gasteiger charge is 2.33. The molecule has 1 saturated carbocycles. The van der Waals surface area contributed by atoms with Crippen LogP contribution in [-0.4, -0.2) is 28.6 Å². The molecule has 1 N–H and O–H groups in total. The van der Waals surface area contributed by atoms with Crippen LogP contribution in [0.25, 0.3) is 0 Å². The normalized spacial score (nSPS) is 27.0. The summed E-state index contributed by atoms with van der Waals surface area (Å²) in [5, 5.41) is 9.31.